The Hall–Kier alpha value is -0.970. The number of nitrogens with one attached hydrogen (secondary N) is 1. The number of halogens is 1. The lowest BCUT2D eigenvalue weighted by Crippen LogP contribution is -2.44. The second kappa shape index (κ2) is 6.27. The molecule has 1 aliphatic heterocycles. The number of ether oxygens (including phenoxy) is 1. The van der Waals surface area contributed by atoms with Crippen LogP contribution in [0, 0.1) is 0 Å². The molecule has 0 bridgehead atoms. The predicted molar refractivity (Wildman–Crippen MR) is 72.7 cm³/mol. The van der Waals surface area contributed by atoms with E-state index in [-0.39, 0.29) is 5.75 Å². The summed E-state index contributed by atoms with van der Waals surface area (Å²) in [5, 5.41) is 13.7. The largest absolute Gasteiger partial charge is 0.504 e. The van der Waals surface area contributed by atoms with Gasteiger partial charge >= 0.3 is 0 Å². The number of phenolic OH excluding ortho intramolecular Hbond substituents is 1. The first-order valence-electron chi connectivity index (χ1n) is 6.19. The Bertz CT molecular complexity index is 406. The molecule has 0 aliphatic carbocycles. The van der Waals surface area contributed by atoms with Gasteiger partial charge in [-0.25, -0.2) is 0 Å². The van der Waals surface area contributed by atoms with E-state index in [0.717, 1.165) is 44.7 Å². The fourth-order valence-electron chi connectivity index (χ4n) is 2.26. The minimum absolute atomic E-state index is 0.150. The van der Waals surface area contributed by atoms with Gasteiger partial charge in [-0.15, -0.1) is 0 Å². The predicted octanol–water partition coefficient (Wildman–Crippen LogP) is 1.50. The molecule has 100 valence electrons. The number of benzene rings is 1. The van der Waals surface area contributed by atoms with Crippen LogP contribution in [0.4, 0.5) is 0 Å². The second-order valence-electron chi connectivity index (χ2n) is 4.42. The minimum atomic E-state index is 0.150. The van der Waals surface area contributed by atoms with Crippen molar-refractivity contribution in [1.29, 1.82) is 0 Å². The molecule has 0 unspecified atom stereocenters. The molecular weight excluding hydrogens is 252 g/mol. The number of phenols is 1. The molecule has 1 aliphatic rings. The van der Waals surface area contributed by atoms with Crippen LogP contribution in [0.25, 0.3) is 0 Å². The number of rotatable bonds is 4. The zero-order chi connectivity index (χ0) is 13.0. The first-order valence-corrected chi connectivity index (χ1v) is 6.57. The molecule has 2 rings (SSSR count). The number of piperazine rings is 1. The third-order valence-corrected chi connectivity index (χ3v) is 3.63. The molecule has 1 aromatic carbocycles. The minimum Gasteiger partial charge on any atom is -0.504 e. The Kier molecular flexibility index (Phi) is 4.69. The van der Waals surface area contributed by atoms with Crippen molar-refractivity contribution in [1.82, 2.24) is 10.2 Å². The molecule has 4 nitrogen and oxygen atoms in total. The quantitative estimate of drug-likeness (QED) is 0.870. The van der Waals surface area contributed by atoms with Gasteiger partial charge in [0.25, 0.3) is 0 Å². The summed E-state index contributed by atoms with van der Waals surface area (Å²) in [5.74, 6) is 0.648. The molecule has 0 radical (unpaired) electrons. The molecule has 1 aromatic rings. The maximum Gasteiger partial charge on any atom is 0.165 e. The van der Waals surface area contributed by atoms with Crippen LogP contribution in [0.5, 0.6) is 11.5 Å². The van der Waals surface area contributed by atoms with Gasteiger partial charge in [-0.2, -0.15) is 0 Å². The van der Waals surface area contributed by atoms with Crippen LogP contribution in [0.1, 0.15) is 5.56 Å². The summed E-state index contributed by atoms with van der Waals surface area (Å²) >= 11 is 6.18. The van der Waals surface area contributed by atoms with Crippen molar-refractivity contribution in [2.45, 2.75) is 6.42 Å². The Labute approximate surface area is 113 Å². The van der Waals surface area contributed by atoms with E-state index in [2.05, 4.69) is 10.2 Å². The standard InChI is InChI=1S/C13H19ClN2O2/c1-18-13-10(11(14)2-3-12(13)17)4-7-16-8-5-15-6-9-16/h2-3,15,17H,4-9H2,1H3. The zero-order valence-corrected chi connectivity index (χ0v) is 11.3. The number of nitrogens with zero attached hydrogens (tertiary/aromatic N) is 1. The van der Waals surface area contributed by atoms with E-state index in [1.807, 2.05) is 0 Å². The van der Waals surface area contributed by atoms with Crippen LogP contribution in [-0.2, 0) is 6.42 Å². The fraction of sp³-hybridized carbons (Fsp3) is 0.538. The highest BCUT2D eigenvalue weighted by Crippen LogP contribution is 2.35. The SMILES string of the molecule is COc1c(O)ccc(Cl)c1CCN1CCNCC1. The summed E-state index contributed by atoms with van der Waals surface area (Å²) in [7, 11) is 1.56. The van der Waals surface area contributed by atoms with Gasteiger partial charge in [0.15, 0.2) is 11.5 Å². The van der Waals surface area contributed by atoms with Gasteiger partial charge in [-0.1, -0.05) is 11.6 Å². The Morgan fingerprint density at radius 3 is 2.78 bits per heavy atom. The van der Waals surface area contributed by atoms with Crippen molar-refractivity contribution in [2.75, 3.05) is 39.8 Å². The van der Waals surface area contributed by atoms with Gasteiger partial charge in [-0.05, 0) is 18.6 Å². The van der Waals surface area contributed by atoms with Crippen molar-refractivity contribution in [3.05, 3.63) is 22.7 Å². The average Bonchev–Trinajstić information content (AvgIpc) is 2.41. The van der Waals surface area contributed by atoms with Gasteiger partial charge in [0.05, 0.1) is 7.11 Å². The van der Waals surface area contributed by atoms with Crippen molar-refractivity contribution in [3.8, 4) is 11.5 Å². The number of methoxy groups -OCH3 is 1. The third-order valence-electron chi connectivity index (χ3n) is 3.27. The normalized spacial score (nSPS) is 16.8. The van der Waals surface area contributed by atoms with Crippen molar-refractivity contribution in [2.24, 2.45) is 0 Å². The molecule has 2 N–H and O–H groups in total. The first-order chi connectivity index (χ1) is 8.72. The summed E-state index contributed by atoms with van der Waals surface area (Å²) in [5.41, 5.74) is 0.887. The number of hydrogen-bond donors (Lipinski definition) is 2. The van der Waals surface area contributed by atoms with Crippen LogP contribution in [0.2, 0.25) is 5.02 Å². The molecule has 5 heteroatoms. The molecule has 0 amide bonds. The second-order valence-corrected chi connectivity index (χ2v) is 4.83. The van der Waals surface area contributed by atoms with Crippen LogP contribution in [0.3, 0.4) is 0 Å². The van der Waals surface area contributed by atoms with Gasteiger partial charge in [0.1, 0.15) is 0 Å². The van der Waals surface area contributed by atoms with Crippen LogP contribution >= 0.6 is 11.6 Å². The Balaban J connectivity index is 2.05. The van der Waals surface area contributed by atoms with E-state index in [0.29, 0.717) is 10.8 Å². The smallest absolute Gasteiger partial charge is 0.165 e. The molecule has 18 heavy (non-hydrogen) atoms. The Morgan fingerprint density at radius 1 is 1.39 bits per heavy atom. The molecule has 1 saturated heterocycles. The van der Waals surface area contributed by atoms with E-state index in [9.17, 15) is 5.11 Å². The first kappa shape index (κ1) is 13.5. The summed E-state index contributed by atoms with van der Waals surface area (Å²) in [6.45, 7) is 5.11. The van der Waals surface area contributed by atoms with E-state index < -0.39 is 0 Å². The molecule has 0 aromatic heterocycles. The zero-order valence-electron chi connectivity index (χ0n) is 10.6. The van der Waals surface area contributed by atoms with E-state index in [1.165, 1.54) is 0 Å². The van der Waals surface area contributed by atoms with Gasteiger partial charge in [-0.3, -0.25) is 0 Å². The summed E-state index contributed by atoms with van der Waals surface area (Å²) < 4.78 is 5.23. The van der Waals surface area contributed by atoms with Crippen molar-refractivity contribution in [3.63, 3.8) is 0 Å². The van der Waals surface area contributed by atoms with Crippen molar-refractivity contribution < 1.29 is 9.84 Å². The third kappa shape index (κ3) is 3.07. The van der Waals surface area contributed by atoms with E-state index in [4.69, 9.17) is 16.3 Å². The average molecular weight is 271 g/mol. The lowest BCUT2D eigenvalue weighted by atomic mass is 10.1. The monoisotopic (exact) mass is 270 g/mol. The molecule has 0 spiro atoms. The maximum atomic E-state index is 9.75. The highest BCUT2D eigenvalue weighted by molar-refractivity contribution is 6.31. The lowest BCUT2D eigenvalue weighted by Gasteiger charge is -2.27. The Morgan fingerprint density at radius 2 is 2.11 bits per heavy atom. The van der Waals surface area contributed by atoms with E-state index >= 15 is 0 Å². The lowest BCUT2D eigenvalue weighted by molar-refractivity contribution is 0.243. The summed E-state index contributed by atoms with van der Waals surface area (Å²) in [6.07, 6.45) is 0.788. The van der Waals surface area contributed by atoms with Gasteiger partial charge in [0.2, 0.25) is 0 Å². The highest BCUT2D eigenvalue weighted by Gasteiger charge is 2.15. The number of hydrogen-bond acceptors (Lipinski definition) is 4. The van der Waals surface area contributed by atoms with Crippen molar-refractivity contribution >= 4 is 11.6 Å². The van der Waals surface area contributed by atoms with Gasteiger partial charge < -0.3 is 20.1 Å². The molecule has 0 atom stereocenters. The molecule has 1 fully saturated rings. The van der Waals surface area contributed by atoms with Crippen LogP contribution in [-0.4, -0.2) is 49.8 Å². The summed E-state index contributed by atoms with van der Waals surface area (Å²) in [6, 6.07) is 3.28. The van der Waals surface area contributed by atoms with E-state index in [1.54, 1.807) is 19.2 Å². The maximum absolute atomic E-state index is 9.75. The van der Waals surface area contributed by atoms with Gasteiger partial charge in [0, 0.05) is 43.3 Å². The van der Waals surface area contributed by atoms with Crippen LogP contribution in [0.15, 0.2) is 12.1 Å². The van der Waals surface area contributed by atoms with Crippen LogP contribution < -0.4 is 10.1 Å². The highest BCUT2D eigenvalue weighted by atomic mass is 35.5. The molecule has 1 heterocycles. The molecular formula is C13H19ClN2O2. The topological polar surface area (TPSA) is 44.7 Å². The molecule has 0 saturated carbocycles. The number of aromatic hydroxyl groups is 1. The summed E-state index contributed by atoms with van der Waals surface area (Å²) in [4.78, 5) is 2.39. The fourth-order valence-corrected chi connectivity index (χ4v) is 2.50.